The molecule has 37 heavy (non-hydrogen) atoms. The van der Waals surface area contributed by atoms with Crippen molar-refractivity contribution >= 4 is 39.4 Å². The monoisotopic (exact) mass is 518 g/mol. The van der Waals surface area contributed by atoms with Crippen molar-refractivity contribution in [2.24, 2.45) is 0 Å². The molecule has 1 aliphatic rings. The fourth-order valence-electron chi connectivity index (χ4n) is 4.15. The normalized spacial score (nSPS) is 18.6. The second-order valence-electron chi connectivity index (χ2n) is 8.47. The maximum absolute atomic E-state index is 12.9. The van der Waals surface area contributed by atoms with Crippen LogP contribution in [0.15, 0.2) is 85.3 Å². The molecule has 4 aromatic rings. The highest BCUT2D eigenvalue weighted by Gasteiger charge is 2.38. The molecule has 2 amide bonds. The Labute approximate surface area is 212 Å². The zero-order chi connectivity index (χ0) is 26.0. The summed E-state index contributed by atoms with van der Waals surface area (Å²) in [5.41, 5.74) is 1.14. The fraction of sp³-hybridized carbons (Fsp3) is 0.120. The van der Waals surface area contributed by atoms with Gasteiger partial charge in [0.15, 0.2) is 11.9 Å². The molecule has 2 unspecified atom stereocenters. The molecular weight excluding hydrogens is 496 g/mol. The van der Waals surface area contributed by atoms with Gasteiger partial charge in [0.25, 0.3) is 0 Å². The molecule has 0 saturated heterocycles. The molecule has 2 aromatic heterocycles. The summed E-state index contributed by atoms with van der Waals surface area (Å²) < 4.78 is 33.3. The lowest BCUT2D eigenvalue weighted by Crippen LogP contribution is -2.49. The summed E-state index contributed by atoms with van der Waals surface area (Å²) in [6.45, 7) is 0. The Hall–Kier alpha value is -4.71. The van der Waals surface area contributed by atoms with E-state index in [4.69, 9.17) is 4.74 Å². The first-order valence-corrected chi connectivity index (χ1v) is 13.0. The van der Waals surface area contributed by atoms with Gasteiger partial charge in [0.05, 0.1) is 18.1 Å². The van der Waals surface area contributed by atoms with E-state index in [0.29, 0.717) is 34.5 Å². The number of carbonyl (C=O) groups excluding carboxylic acids is 2. The molecule has 3 N–H and O–H groups in total. The Morgan fingerprint density at radius 1 is 1.11 bits per heavy atom. The van der Waals surface area contributed by atoms with Crippen LogP contribution < -0.4 is 20.1 Å². The molecular formula is C25H22N6O5S. The summed E-state index contributed by atoms with van der Waals surface area (Å²) in [5.74, 6) is 0.573. The van der Waals surface area contributed by atoms with Crippen LogP contribution in [0.3, 0.4) is 0 Å². The molecule has 11 nitrogen and oxygen atoms in total. The van der Waals surface area contributed by atoms with Crippen molar-refractivity contribution in [3.8, 4) is 5.75 Å². The Balaban J connectivity index is 1.38. The largest absolute Gasteiger partial charge is 0.480 e. The minimum absolute atomic E-state index is 0.290. The number of pyridine rings is 1. The Bertz CT molecular complexity index is 1630. The third kappa shape index (κ3) is 5.14. The lowest BCUT2D eigenvalue weighted by atomic mass is 9.81. The van der Waals surface area contributed by atoms with Gasteiger partial charge in [-0.3, -0.25) is 13.9 Å². The Morgan fingerprint density at radius 3 is 2.73 bits per heavy atom. The number of anilines is 2. The summed E-state index contributed by atoms with van der Waals surface area (Å²) in [7, 11) is -3.48. The molecule has 0 fully saturated rings. The third-order valence-electron chi connectivity index (χ3n) is 5.70. The molecule has 2 heterocycles. The van der Waals surface area contributed by atoms with E-state index in [1.165, 1.54) is 6.07 Å². The Kier molecular flexibility index (Phi) is 6.09. The minimum atomic E-state index is -3.48. The maximum Gasteiger partial charge on any atom is 0.320 e. The van der Waals surface area contributed by atoms with Crippen LogP contribution in [0.1, 0.15) is 17.2 Å². The number of benzene rings is 2. The van der Waals surface area contributed by atoms with E-state index in [1.54, 1.807) is 71.5 Å². The summed E-state index contributed by atoms with van der Waals surface area (Å²) in [6.07, 6.45) is 7.80. The molecule has 0 saturated carbocycles. The van der Waals surface area contributed by atoms with Crippen molar-refractivity contribution in [1.29, 1.82) is 0 Å². The van der Waals surface area contributed by atoms with E-state index in [1.807, 2.05) is 12.1 Å². The number of amides is 2. The second kappa shape index (κ2) is 9.39. The lowest BCUT2D eigenvalue weighted by molar-refractivity contribution is -0.111. The van der Waals surface area contributed by atoms with Crippen LogP contribution in [0.5, 0.6) is 5.75 Å². The van der Waals surface area contributed by atoms with Crippen LogP contribution in [0.25, 0.3) is 5.65 Å². The molecule has 2 atom stereocenters. The van der Waals surface area contributed by atoms with Crippen molar-refractivity contribution in [3.63, 3.8) is 0 Å². The van der Waals surface area contributed by atoms with Gasteiger partial charge in [-0.25, -0.2) is 13.2 Å². The fourth-order valence-corrected chi connectivity index (χ4v) is 4.70. The van der Waals surface area contributed by atoms with E-state index >= 15 is 0 Å². The number of ether oxygens (including phenoxy) is 1. The molecule has 5 rings (SSSR count). The van der Waals surface area contributed by atoms with Gasteiger partial charge in [-0.05, 0) is 48.0 Å². The number of hydrogen-bond donors (Lipinski definition) is 3. The number of rotatable bonds is 7. The van der Waals surface area contributed by atoms with Gasteiger partial charge >= 0.3 is 6.03 Å². The van der Waals surface area contributed by atoms with Gasteiger partial charge in [0, 0.05) is 11.3 Å². The van der Waals surface area contributed by atoms with E-state index in [9.17, 15) is 18.0 Å². The van der Waals surface area contributed by atoms with Crippen LogP contribution in [0.4, 0.5) is 16.2 Å². The number of hydrogen-bond acceptors (Lipinski definition) is 7. The molecule has 0 aliphatic heterocycles. The molecule has 1 aliphatic carbocycles. The molecule has 188 valence electrons. The summed E-state index contributed by atoms with van der Waals surface area (Å²) in [5, 5.41) is 13.2. The number of aldehydes is 1. The van der Waals surface area contributed by atoms with Crippen molar-refractivity contribution in [3.05, 3.63) is 96.5 Å². The van der Waals surface area contributed by atoms with E-state index in [2.05, 4.69) is 25.6 Å². The first-order valence-electron chi connectivity index (χ1n) is 11.1. The SMILES string of the molecule is CS(=O)(=O)Nc1cccc(NC(=O)NC2(C=O)C=CC(Oc3ccc4nncn4c3)c3ccccc32)c1. The van der Waals surface area contributed by atoms with Gasteiger partial charge in [-0.1, -0.05) is 30.3 Å². The van der Waals surface area contributed by atoms with Crippen LogP contribution in [-0.2, 0) is 20.4 Å². The standard InChI is InChI=1S/C25H22N6O5S/c1-37(34,35)30-18-6-4-5-17(13-18)27-24(33)28-25(15-32)12-11-22(20-7-2-3-8-21(20)25)36-19-9-10-23-29-26-16-31(23)14-19/h2-16,22,30H,1H3,(H2,27,28,33). The molecule has 0 radical (unpaired) electrons. The first kappa shape index (κ1) is 24.0. The highest BCUT2D eigenvalue weighted by molar-refractivity contribution is 7.92. The summed E-state index contributed by atoms with van der Waals surface area (Å²) in [4.78, 5) is 25.3. The maximum atomic E-state index is 12.9. The molecule has 0 bridgehead atoms. The average Bonchev–Trinajstić information content (AvgIpc) is 3.33. The average molecular weight is 519 g/mol. The number of carbonyl (C=O) groups is 2. The van der Waals surface area contributed by atoms with Crippen LogP contribution in [0, 0.1) is 0 Å². The van der Waals surface area contributed by atoms with Gasteiger partial charge in [-0.15, -0.1) is 10.2 Å². The number of nitrogens with one attached hydrogen (secondary N) is 3. The van der Waals surface area contributed by atoms with Crippen molar-refractivity contribution in [2.75, 3.05) is 16.3 Å². The summed E-state index contributed by atoms with van der Waals surface area (Å²) in [6, 6.07) is 16.3. The number of urea groups is 1. The Morgan fingerprint density at radius 2 is 1.92 bits per heavy atom. The van der Waals surface area contributed by atoms with Gasteiger partial charge in [0.2, 0.25) is 10.0 Å². The number of fused-ring (bicyclic) bond motifs is 2. The van der Waals surface area contributed by atoms with Crippen molar-refractivity contribution in [2.45, 2.75) is 11.6 Å². The number of nitrogens with zero attached hydrogens (tertiary/aromatic N) is 3. The third-order valence-corrected chi connectivity index (χ3v) is 6.31. The lowest BCUT2D eigenvalue weighted by Gasteiger charge is -2.34. The zero-order valence-electron chi connectivity index (χ0n) is 19.5. The zero-order valence-corrected chi connectivity index (χ0v) is 20.3. The predicted molar refractivity (Wildman–Crippen MR) is 137 cm³/mol. The highest BCUT2D eigenvalue weighted by atomic mass is 32.2. The van der Waals surface area contributed by atoms with Crippen LogP contribution in [-0.4, -0.2) is 41.6 Å². The molecule has 2 aromatic carbocycles. The number of aromatic nitrogens is 3. The van der Waals surface area contributed by atoms with Gasteiger partial charge in [0.1, 0.15) is 23.7 Å². The first-order chi connectivity index (χ1) is 17.7. The highest BCUT2D eigenvalue weighted by Crippen LogP contribution is 2.37. The minimum Gasteiger partial charge on any atom is -0.480 e. The summed E-state index contributed by atoms with van der Waals surface area (Å²) >= 11 is 0. The van der Waals surface area contributed by atoms with E-state index in [-0.39, 0.29) is 5.69 Å². The predicted octanol–water partition coefficient (Wildman–Crippen LogP) is 3.01. The smallest absolute Gasteiger partial charge is 0.320 e. The van der Waals surface area contributed by atoms with Crippen LogP contribution in [0.2, 0.25) is 0 Å². The molecule has 12 heteroatoms. The van der Waals surface area contributed by atoms with E-state index < -0.39 is 27.7 Å². The number of sulfonamides is 1. The van der Waals surface area contributed by atoms with Crippen molar-refractivity contribution < 1.29 is 22.7 Å². The van der Waals surface area contributed by atoms with Gasteiger partial charge in [-0.2, -0.15) is 0 Å². The molecule has 0 spiro atoms. The second-order valence-corrected chi connectivity index (χ2v) is 10.2. The van der Waals surface area contributed by atoms with Gasteiger partial charge < -0.3 is 15.4 Å². The topological polar surface area (TPSA) is 144 Å². The van der Waals surface area contributed by atoms with E-state index in [0.717, 1.165) is 6.26 Å². The quantitative estimate of drug-likeness (QED) is 0.252. The van der Waals surface area contributed by atoms with Crippen molar-refractivity contribution in [1.82, 2.24) is 19.9 Å². The van der Waals surface area contributed by atoms with Crippen LogP contribution >= 0.6 is 0 Å².